The largest absolute Gasteiger partial charge is 0.360 e. The molecule has 1 amide bonds. The van der Waals surface area contributed by atoms with Gasteiger partial charge in [-0.2, -0.15) is 0 Å². The molecule has 1 aromatic rings. The number of piperidine rings is 1. The summed E-state index contributed by atoms with van der Waals surface area (Å²) < 4.78 is 5.31. The summed E-state index contributed by atoms with van der Waals surface area (Å²) in [5, 5.41) is 3.96. The van der Waals surface area contributed by atoms with Gasteiger partial charge in [-0.05, 0) is 33.1 Å². The molecule has 0 saturated carbocycles. The fraction of sp³-hybridized carbons (Fsp3) is 0.714. The van der Waals surface area contributed by atoms with Crippen LogP contribution in [0.2, 0.25) is 0 Å². The van der Waals surface area contributed by atoms with Gasteiger partial charge in [0.15, 0.2) is 5.76 Å². The van der Waals surface area contributed by atoms with Crippen LogP contribution in [0.4, 0.5) is 0 Å². The molecule has 0 spiro atoms. The van der Waals surface area contributed by atoms with Crippen LogP contribution in [0.3, 0.4) is 0 Å². The van der Waals surface area contributed by atoms with Crippen molar-refractivity contribution in [3.8, 4) is 0 Å². The second-order valence-electron chi connectivity index (χ2n) is 5.51. The number of aryl methyl sites for hydroxylation is 1. The van der Waals surface area contributed by atoms with Crippen LogP contribution in [0.25, 0.3) is 0 Å². The van der Waals surface area contributed by atoms with E-state index in [9.17, 15) is 4.79 Å². The standard InChI is InChI=1S/C14H22N2O2/c1-9(2)13-12(11(4)15-18-13)14(17)16-8-6-5-7-10(16)3/h9-10H,5-8H2,1-4H3. The Kier molecular flexibility index (Phi) is 3.73. The molecule has 1 aliphatic heterocycles. The van der Waals surface area contributed by atoms with Gasteiger partial charge < -0.3 is 9.42 Å². The van der Waals surface area contributed by atoms with Crippen LogP contribution in [0.1, 0.15) is 67.8 Å². The second-order valence-corrected chi connectivity index (χ2v) is 5.51. The number of aromatic nitrogens is 1. The zero-order chi connectivity index (χ0) is 13.3. The van der Waals surface area contributed by atoms with E-state index in [4.69, 9.17) is 4.52 Å². The van der Waals surface area contributed by atoms with E-state index in [1.54, 1.807) is 0 Å². The molecule has 100 valence electrons. The molecule has 1 fully saturated rings. The van der Waals surface area contributed by atoms with Crippen molar-refractivity contribution in [2.45, 2.75) is 58.9 Å². The average molecular weight is 250 g/mol. The number of carbonyl (C=O) groups excluding carboxylic acids is 1. The van der Waals surface area contributed by atoms with Crippen LogP contribution in [0.15, 0.2) is 4.52 Å². The summed E-state index contributed by atoms with van der Waals surface area (Å²) in [6.45, 7) is 8.86. The summed E-state index contributed by atoms with van der Waals surface area (Å²) in [5.41, 5.74) is 1.39. The summed E-state index contributed by atoms with van der Waals surface area (Å²) in [5.74, 6) is 0.991. The third-order valence-corrected chi connectivity index (χ3v) is 3.69. The lowest BCUT2D eigenvalue weighted by Crippen LogP contribution is -2.42. The van der Waals surface area contributed by atoms with Gasteiger partial charge in [-0.1, -0.05) is 19.0 Å². The first-order valence-electron chi connectivity index (χ1n) is 6.79. The summed E-state index contributed by atoms with van der Waals surface area (Å²) in [6, 6.07) is 0.320. The van der Waals surface area contributed by atoms with Crippen LogP contribution in [0.5, 0.6) is 0 Å². The number of likely N-dealkylation sites (tertiary alicyclic amines) is 1. The lowest BCUT2D eigenvalue weighted by atomic mass is 9.99. The molecule has 1 aromatic heterocycles. The molecule has 0 aromatic carbocycles. The highest BCUT2D eigenvalue weighted by molar-refractivity contribution is 5.96. The molecule has 1 unspecified atom stereocenters. The monoisotopic (exact) mass is 250 g/mol. The molecule has 0 aliphatic carbocycles. The minimum absolute atomic E-state index is 0.0876. The van der Waals surface area contributed by atoms with Gasteiger partial charge in [-0.3, -0.25) is 4.79 Å². The Morgan fingerprint density at radius 1 is 1.44 bits per heavy atom. The van der Waals surface area contributed by atoms with Crippen molar-refractivity contribution in [2.24, 2.45) is 0 Å². The minimum atomic E-state index is 0.0876. The maximum atomic E-state index is 12.6. The van der Waals surface area contributed by atoms with E-state index < -0.39 is 0 Å². The fourth-order valence-electron chi connectivity index (χ4n) is 2.58. The number of hydrogen-bond donors (Lipinski definition) is 0. The maximum absolute atomic E-state index is 12.6. The fourth-order valence-corrected chi connectivity index (χ4v) is 2.58. The van der Waals surface area contributed by atoms with Crippen LogP contribution in [-0.4, -0.2) is 28.6 Å². The zero-order valence-corrected chi connectivity index (χ0v) is 11.7. The number of hydrogen-bond acceptors (Lipinski definition) is 3. The van der Waals surface area contributed by atoms with Crippen molar-refractivity contribution < 1.29 is 9.32 Å². The highest BCUT2D eigenvalue weighted by Crippen LogP contribution is 2.26. The van der Waals surface area contributed by atoms with Crippen LogP contribution in [-0.2, 0) is 0 Å². The maximum Gasteiger partial charge on any atom is 0.259 e. The van der Waals surface area contributed by atoms with E-state index in [1.807, 2.05) is 25.7 Å². The minimum Gasteiger partial charge on any atom is -0.360 e. The van der Waals surface area contributed by atoms with Gasteiger partial charge >= 0.3 is 0 Å². The lowest BCUT2D eigenvalue weighted by Gasteiger charge is -2.33. The summed E-state index contributed by atoms with van der Waals surface area (Å²) in [6.07, 6.45) is 3.40. The predicted octanol–water partition coefficient (Wildman–Crippen LogP) is 3.12. The molecular weight excluding hydrogens is 228 g/mol. The van der Waals surface area contributed by atoms with Gasteiger partial charge in [-0.15, -0.1) is 0 Å². The van der Waals surface area contributed by atoms with Crippen molar-refractivity contribution in [3.63, 3.8) is 0 Å². The topological polar surface area (TPSA) is 46.3 Å². The molecule has 18 heavy (non-hydrogen) atoms. The smallest absolute Gasteiger partial charge is 0.259 e. The van der Waals surface area contributed by atoms with Crippen molar-refractivity contribution in [1.82, 2.24) is 10.1 Å². The summed E-state index contributed by atoms with van der Waals surface area (Å²) >= 11 is 0. The van der Waals surface area contributed by atoms with E-state index >= 15 is 0 Å². The molecule has 2 heterocycles. The second kappa shape index (κ2) is 5.12. The van der Waals surface area contributed by atoms with Gasteiger partial charge in [0, 0.05) is 18.5 Å². The molecule has 1 aliphatic rings. The first-order chi connectivity index (χ1) is 8.52. The molecule has 0 N–H and O–H groups in total. The Morgan fingerprint density at radius 3 is 2.78 bits per heavy atom. The molecule has 1 atom stereocenters. The van der Waals surface area contributed by atoms with Crippen LogP contribution < -0.4 is 0 Å². The van der Waals surface area contributed by atoms with Crippen molar-refractivity contribution in [2.75, 3.05) is 6.54 Å². The molecule has 0 bridgehead atoms. The third-order valence-electron chi connectivity index (χ3n) is 3.69. The van der Waals surface area contributed by atoms with Crippen molar-refractivity contribution in [1.29, 1.82) is 0 Å². The quantitative estimate of drug-likeness (QED) is 0.810. The highest BCUT2D eigenvalue weighted by atomic mass is 16.5. The molecule has 4 nitrogen and oxygen atoms in total. The Bertz CT molecular complexity index is 437. The van der Waals surface area contributed by atoms with E-state index in [2.05, 4.69) is 12.1 Å². The first kappa shape index (κ1) is 13.1. The number of rotatable bonds is 2. The Morgan fingerprint density at radius 2 is 2.17 bits per heavy atom. The van der Waals surface area contributed by atoms with E-state index in [0.717, 1.165) is 25.1 Å². The summed E-state index contributed by atoms with van der Waals surface area (Å²) in [7, 11) is 0. The van der Waals surface area contributed by atoms with E-state index in [-0.39, 0.29) is 11.8 Å². The van der Waals surface area contributed by atoms with Crippen molar-refractivity contribution >= 4 is 5.91 Å². The molecule has 0 radical (unpaired) electrons. The number of carbonyl (C=O) groups is 1. The van der Waals surface area contributed by atoms with Crippen molar-refractivity contribution in [3.05, 3.63) is 17.0 Å². The predicted molar refractivity (Wildman–Crippen MR) is 69.7 cm³/mol. The molecule has 4 heteroatoms. The van der Waals surface area contributed by atoms with Gasteiger partial charge in [-0.25, -0.2) is 0 Å². The Balaban J connectivity index is 2.30. The average Bonchev–Trinajstić information content (AvgIpc) is 2.71. The summed E-state index contributed by atoms with van der Waals surface area (Å²) in [4.78, 5) is 14.6. The Hall–Kier alpha value is -1.32. The first-order valence-corrected chi connectivity index (χ1v) is 6.79. The SMILES string of the molecule is Cc1noc(C(C)C)c1C(=O)N1CCCCC1C. The van der Waals surface area contributed by atoms with Gasteiger partial charge in [0.2, 0.25) is 0 Å². The zero-order valence-electron chi connectivity index (χ0n) is 11.7. The lowest BCUT2D eigenvalue weighted by molar-refractivity contribution is 0.0632. The van der Waals surface area contributed by atoms with Gasteiger partial charge in [0.05, 0.1) is 5.69 Å². The van der Waals surface area contributed by atoms with Crippen LogP contribution >= 0.6 is 0 Å². The molecular formula is C14H22N2O2. The van der Waals surface area contributed by atoms with E-state index in [1.165, 1.54) is 6.42 Å². The van der Waals surface area contributed by atoms with Crippen LogP contribution in [0, 0.1) is 6.92 Å². The molecule has 1 saturated heterocycles. The number of nitrogens with zero attached hydrogens (tertiary/aromatic N) is 2. The highest BCUT2D eigenvalue weighted by Gasteiger charge is 2.30. The third kappa shape index (κ3) is 2.28. The Labute approximate surface area is 108 Å². The van der Waals surface area contributed by atoms with Gasteiger partial charge in [0.25, 0.3) is 5.91 Å². The van der Waals surface area contributed by atoms with E-state index in [0.29, 0.717) is 17.3 Å². The van der Waals surface area contributed by atoms with Gasteiger partial charge in [0.1, 0.15) is 5.56 Å². The molecule has 2 rings (SSSR count). The normalized spacial score (nSPS) is 20.5. The number of amides is 1.